The second kappa shape index (κ2) is 6.14. The molecule has 0 aromatic carbocycles. The Labute approximate surface area is 97.3 Å². The predicted octanol–water partition coefficient (Wildman–Crippen LogP) is -2.93. The fourth-order valence-corrected chi connectivity index (χ4v) is 1.74. The molecule has 11 heavy (non-hydrogen) atoms. The Balaban J connectivity index is -0.000000320. The van der Waals surface area contributed by atoms with E-state index in [9.17, 15) is 23.5 Å². The van der Waals surface area contributed by atoms with Crippen LogP contribution in [0.15, 0.2) is 0 Å². The summed E-state index contributed by atoms with van der Waals surface area (Å²) >= 11 is -12.1. The fraction of sp³-hybridized carbons (Fsp3) is 0. The molecular formula is Ag2Cr2O7. The topological polar surface area (TPSA) is 124 Å². The Hall–Kier alpha value is 1.63. The fourth-order valence-electron chi connectivity index (χ4n) is 0.102. The Morgan fingerprint density at radius 1 is 0.818 bits per heavy atom. The van der Waals surface area contributed by atoms with Crippen molar-refractivity contribution in [2.45, 2.75) is 0 Å². The van der Waals surface area contributed by atoms with Crippen LogP contribution in [-0.2, 0) is 90.0 Å². The van der Waals surface area contributed by atoms with E-state index in [1.807, 2.05) is 0 Å². The molecule has 0 aromatic heterocycles. The molecule has 0 fully saturated rings. The van der Waals surface area contributed by atoms with Gasteiger partial charge in [-0.15, -0.1) is 0 Å². The van der Waals surface area contributed by atoms with Crippen LogP contribution in [0.25, 0.3) is 0 Å². The zero-order chi connectivity index (χ0) is 7.71. The van der Waals surface area contributed by atoms with Gasteiger partial charge in [0.2, 0.25) is 0 Å². The first-order valence-corrected chi connectivity index (χ1v) is 5.50. The van der Waals surface area contributed by atoms with E-state index in [2.05, 4.69) is 2.84 Å². The van der Waals surface area contributed by atoms with E-state index in [0.717, 1.165) is 0 Å². The van der Waals surface area contributed by atoms with Crippen molar-refractivity contribution in [2.75, 3.05) is 0 Å². The molecule has 0 N–H and O–H groups in total. The summed E-state index contributed by atoms with van der Waals surface area (Å²) in [5, 5.41) is 0. The molecule has 0 atom stereocenters. The van der Waals surface area contributed by atoms with Crippen LogP contribution in [0.5, 0.6) is 0 Å². The third-order valence-corrected chi connectivity index (χ3v) is 2.83. The van der Waals surface area contributed by atoms with Gasteiger partial charge in [0.15, 0.2) is 0 Å². The van der Waals surface area contributed by atoms with Gasteiger partial charge in [-0.25, -0.2) is 0 Å². The minimum atomic E-state index is -6.07. The summed E-state index contributed by atoms with van der Waals surface area (Å²) in [6, 6.07) is 0. The summed E-state index contributed by atoms with van der Waals surface area (Å²) in [5.41, 5.74) is 0. The van der Waals surface area contributed by atoms with Crippen LogP contribution < -0.4 is 8.32 Å². The average Bonchev–Trinajstić information content (AvgIpc) is 1.14. The van der Waals surface area contributed by atoms with E-state index in [1.54, 1.807) is 0 Å². The Morgan fingerprint density at radius 3 is 1.00 bits per heavy atom. The third-order valence-electron chi connectivity index (χ3n) is 0.167. The Morgan fingerprint density at radius 2 is 1.00 bits per heavy atom. The summed E-state index contributed by atoms with van der Waals surface area (Å²) in [6.07, 6.45) is 0. The monoisotopic (exact) mass is 430 g/mol. The van der Waals surface area contributed by atoms with Crippen molar-refractivity contribution >= 4 is 0 Å². The van der Waals surface area contributed by atoms with Gasteiger partial charge in [-0.2, -0.15) is 0 Å². The summed E-state index contributed by atoms with van der Waals surface area (Å²) in [7, 11) is 0. The van der Waals surface area contributed by atoms with Crippen LogP contribution in [0.4, 0.5) is 0 Å². The minimum absolute atomic E-state index is 0. The average molecular weight is 432 g/mol. The van der Waals surface area contributed by atoms with Crippen LogP contribution in [0.1, 0.15) is 0 Å². The van der Waals surface area contributed by atoms with E-state index in [4.69, 9.17) is 0 Å². The quantitative estimate of drug-likeness (QED) is 0.429. The van der Waals surface area contributed by atoms with Gasteiger partial charge in [0, 0.05) is 0 Å². The molecule has 76 valence electrons. The molecule has 0 aliphatic carbocycles. The van der Waals surface area contributed by atoms with Crippen LogP contribution in [-0.4, -0.2) is 0 Å². The zero-order valence-electron chi connectivity index (χ0n) is 4.28. The first-order chi connectivity index (χ1) is 3.71. The second-order valence-corrected chi connectivity index (χ2v) is 4.52. The van der Waals surface area contributed by atoms with Crippen molar-refractivity contribution in [1.29, 1.82) is 0 Å². The van der Waals surface area contributed by atoms with Gasteiger partial charge in [-0.1, -0.05) is 0 Å². The van der Waals surface area contributed by atoms with Crippen LogP contribution in [0, 0.1) is 0 Å². The molecule has 0 aliphatic heterocycles. The molecule has 11 heteroatoms. The normalized spacial score (nSPS) is 11.1. The van der Waals surface area contributed by atoms with Crippen molar-refractivity contribution in [2.24, 2.45) is 0 Å². The summed E-state index contributed by atoms with van der Waals surface area (Å²) in [4.78, 5) is 0. The SMILES string of the molecule is [Ag+].[Ag+].[O]=[Cr](=[O])([O-])[O][Cr](=[O])(=[O])[O-]. The molecular weight excluding hydrogens is 432 g/mol. The zero-order valence-corrected chi connectivity index (χ0v) is 9.79. The van der Waals surface area contributed by atoms with Crippen LogP contribution >= 0.6 is 0 Å². The van der Waals surface area contributed by atoms with Gasteiger partial charge in [0.25, 0.3) is 0 Å². The molecule has 0 spiro atoms. The standard InChI is InChI=1S/2Ag.2Cr.7O/q2*+1;;;;;;;;2*-1. The molecule has 0 aromatic rings. The molecule has 0 unspecified atom stereocenters. The maximum atomic E-state index is 9.38. The third kappa shape index (κ3) is 18.5. The van der Waals surface area contributed by atoms with Crippen LogP contribution in [0.2, 0.25) is 0 Å². The molecule has 0 amide bonds. The van der Waals surface area contributed by atoms with E-state index in [-0.39, 0.29) is 44.8 Å². The van der Waals surface area contributed by atoms with Crippen molar-refractivity contribution in [3.63, 3.8) is 0 Å². The molecule has 7 nitrogen and oxygen atoms in total. The van der Waals surface area contributed by atoms with Gasteiger partial charge in [-0.05, 0) is 0 Å². The maximum absolute atomic E-state index is 9.38. The van der Waals surface area contributed by atoms with Crippen molar-refractivity contribution in [1.82, 2.24) is 0 Å². The van der Waals surface area contributed by atoms with E-state index in [0.29, 0.717) is 0 Å². The van der Waals surface area contributed by atoms with Gasteiger partial charge >= 0.3 is 98.4 Å². The molecule has 0 aliphatic rings. The number of rotatable bonds is 2. The van der Waals surface area contributed by atoms with E-state index < -0.39 is 27.2 Å². The Bertz CT molecular complexity index is 240. The number of hydrogen-bond acceptors (Lipinski definition) is 7. The molecule has 0 heterocycles. The second-order valence-electron chi connectivity index (χ2n) is 0.885. The molecule has 0 rings (SSSR count). The van der Waals surface area contributed by atoms with Gasteiger partial charge in [0.1, 0.15) is 0 Å². The van der Waals surface area contributed by atoms with Gasteiger partial charge < -0.3 is 0 Å². The molecule has 0 radical (unpaired) electrons. The van der Waals surface area contributed by atoms with Crippen molar-refractivity contribution in [3.8, 4) is 0 Å². The summed E-state index contributed by atoms with van der Waals surface area (Å²) in [5.74, 6) is 0. The first-order valence-electron chi connectivity index (χ1n) is 1.33. The van der Waals surface area contributed by atoms with Crippen LogP contribution in [0.3, 0.4) is 0 Å². The Kier molecular flexibility index (Phi) is 10.3. The summed E-state index contributed by atoms with van der Waals surface area (Å²) < 4.78 is 58.9. The van der Waals surface area contributed by atoms with Gasteiger partial charge in [0.05, 0.1) is 0 Å². The predicted molar refractivity (Wildman–Crippen MR) is 3.83 cm³/mol. The van der Waals surface area contributed by atoms with E-state index >= 15 is 0 Å². The molecule has 0 saturated carbocycles. The van der Waals surface area contributed by atoms with Crippen molar-refractivity contribution < 1.29 is 98.4 Å². The first kappa shape index (κ1) is 18.4. The molecule has 0 saturated heterocycles. The summed E-state index contributed by atoms with van der Waals surface area (Å²) in [6.45, 7) is 0. The number of hydrogen-bond donors (Lipinski definition) is 0. The molecule has 0 bridgehead atoms. The van der Waals surface area contributed by atoms with Crippen molar-refractivity contribution in [3.05, 3.63) is 0 Å². The van der Waals surface area contributed by atoms with Gasteiger partial charge in [-0.3, -0.25) is 0 Å². The van der Waals surface area contributed by atoms with E-state index in [1.165, 1.54) is 0 Å².